The van der Waals surface area contributed by atoms with Crippen LogP contribution >= 0.6 is 0 Å². The quantitative estimate of drug-likeness (QED) is 0.844. The fourth-order valence-electron chi connectivity index (χ4n) is 3.47. The van der Waals surface area contributed by atoms with Crippen LogP contribution in [-0.4, -0.2) is 39.9 Å². The summed E-state index contributed by atoms with van der Waals surface area (Å²) in [7, 11) is 3.08. The van der Waals surface area contributed by atoms with E-state index in [1.54, 1.807) is 37.4 Å². The number of carbonyl (C=O) groups excluding carboxylic acids is 1. The molecule has 0 saturated carbocycles. The minimum absolute atomic E-state index is 0.237. The maximum absolute atomic E-state index is 13.3. The Morgan fingerprint density at radius 3 is 2.44 bits per heavy atom. The lowest BCUT2D eigenvalue weighted by atomic mass is 9.74. The van der Waals surface area contributed by atoms with Crippen LogP contribution in [0.1, 0.15) is 28.8 Å². The third kappa shape index (κ3) is 4.22. The fraction of sp³-hybridized carbons (Fsp3) is 0.381. The van der Waals surface area contributed by atoms with Crippen LogP contribution in [0.2, 0.25) is 0 Å². The average Bonchev–Trinajstić information content (AvgIpc) is 2.72. The number of ether oxygens (including phenoxy) is 3. The molecule has 6 heteroatoms. The Labute approximate surface area is 158 Å². The zero-order valence-corrected chi connectivity index (χ0v) is 15.6. The summed E-state index contributed by atoms with van der Waals surface area (Å²) in [5.74, 6) is 0.557. The standard InChI is InChI=1S/C21H24FNO4/c1-25-17-7-8-19(26-2)18(13-17)20(24)23-14-21(9-11-27-12-10-21)15-3-5-16(22)6-4-15/h3-8,13H,9-12,14H2,1-2H3,(H,23,24). The van der Waals surface area contributed by atoms with Crippen LogP contribution in [0.3, 0.4) is 0 Å². The van der Waals surface area contributed by atoms with E-state index in [-0.39, 0.29) is 17.1 Å². The number of amides is 1. The second-order valence-corrected chi connectivity index (χ2v) is 6.65. The summed E-state index contributed by atoms with van der Waals surface area (Å²) in [5, 5.41) is 3.02. The molecule has 0 aliphatic carbocycles. The molecule has 1 aliphatic rings. The molecule has 1 fully saturated rings. The van der Waals surface area contributed by atoms with Gasteiger partial charge in [0, 0.05) is 25.2 Å². The van der Waals surface area contributed by atoms with E-state index >= 15 is 0 Å². The highest BCUT2D eigenvalue weighted by molar-refractivity contribution is 5.97. The molecule has 1 aliphatic heterocycles. The Hall–Kier alpha value is -2.60. The molecule has 1 heterocycles. The summed E-state index contributed by atoms with van der Waals surface area (Å²) in [4.78, 5) is 12.8. The van der Waals surface area contributed by atoms with Gasteiger partial charge in [-0.15, -0.1) is 0 Å². The average molecular weight is 373 g/mol. The normalized spacial score (nSPS) is 15.8. The lowest BCUT2D eigenvalue weighted by molar-refractivity contribution is 0.0486. The Morgan fingerprint density at radius 2 is 1.81 bits per heavy atom. The van der Waals surface area contributed by atoms with Gasteiger partial charge < -0.3 is 19.5 Å². The van der Waals surface area contributed by atoms with Gasteiger partial charge in [-0.3, -0.25) is 4.79 Å². The van der Waals surface area contributed by atoms with Crippen molar-refractivity contribution in [2.75, 3.05) is 34.0 Å². The summed E-state index contributed by atoms with van der Waals surface area (Å²) < 4.78 is 29.4. The van der Waals surface area contributed by atoms with Crippen molar-refractivity contribution in [2.24, 2.45) is 0 Å². The van der Waals surface area contributed by atoms with Crippen molar-refractivity contribution in [3.05, 3.63) is 59.4 Å². The first-order valence-electron chi connectivity index (χ1n) is 8.92. The van der Waals surface area contributed by atoms with Gasteiger partial charge in [0.1, 0.15) is 17.3 Å². The third-order valence-electron chi connectivity index (χ3n) is 5.15. The van der Waals surface area contributed by atoms with Crippen LogP contribution in [0, 0.1) is 5.82 Å². The van der Waals surface area contributed by atoms with E-state index in [0.717, 1.165) is 18.4 Å². The first-order valence-corrected chi connectivity index (χ1v) is 8.92. The van der Waals surface area contributed by atoms with Crippen molar-refractivity contribution in [2.45, 2.75) is 18.3 Å². The maximum Gasteiger partial charge on any atom is 0.255 e. The second kappa shape index (κ2) is 8.39. The van der Waals surface area contributed by atoms with Crippen molar-refractivity contribution in [1.82, 2.24) is 5.32 Å². The molecular weight excluding hydrogens is 349 g/mol. The minimum atomic E-state index is -0.284. The third-order valence-corrected chi connectivity index (χ3v) is 5.15. The van der Waals surface area contributed by atoms with Gasteiger partial charge >= 0.3 is 0 Å². The molecule has 5 nitrogen and oxygen atoms in total. The maximum atomic E-state index is 13.3. The molecule has 0 aromatic heterocycles. The molecular formula is C21H24FNO4. The van der Waals surface area contributed by atoms with E-state index in [1.165, 1.54) is 19.2 Å². The first-order chi connectivity index (χ1) is 13.1. The largest absolute Gasteiger partial charge is 0.497 e. The minimum Gasteiger partial charge on any atom is -0.497 e. The van der Waals surface area contributed by atoms with Crippen LogP contribution in [0.15, 0.2) is 42.5 Å². The number of carbonyl (C=O) groups is 1. The molecule has 3 rings (SSSR count). The van der Waals surface area contributed by atoms with E-state index in [9.17, 15) is 9.18 Å². The summed E-state index contributed by atoms with van der Waals surface area (Å²) >= 11 is 0. The van der Waals surface area contributed by atoms with E-state index in [2.05, 4.69) is 5.32 Å². The summed E-state index contributed by atoms with van der Waals surface area (Å²) in [6.45, 7) is 1.65. The summed E-state index contributed by atoms with van der Waals surface area (Å²) in [6, 6.07) is 11.6. The van der Waals surface area contributed by atoms with Crippen molar-refractivity contribution >= 4 is 5.91 Å². The highest BCUT2D eigenvalue weighted by Crippen LogP contribution is 2.34. The number of nitrogens with one attached hydrogen (secondary N) is 1. The van der Waals surface area contributed by atoms with Crippen molar-refractivity contribution < 1.29 is 23.4 Å². The van der Waals surface area contributed by atoms with Gasteiger partial charge in [0.2, 0.25) is 0 Å². The van der Waals surface area contributed by atoms with Gasteiger partial charge in [-0.05, 0) is 48.7 Å². The highest BCUT2D eigenvalue weighted by Gasteiger charge is 2.35. The van der Waals surface area contributed by atoms with Crippen LogP contribution in [-0.2, 0) is 10.2 Å². The molecule has 0 spiro atoms. The van der Waals surface area contributed by atoms with Gasteiger partial charge in [0.25, 0.3) is 5.91 Å². The molecule has 2 aromatic carbocycles. The Bertz CT molecular complexity index is 785. The van der Waals surface area contributed by atoms with Gasteiger partial charge in [-0.25, -0.2) is 4.39 Å². The van der Waals surface area contributed by atoms with Gasteiger partial charge in [0.05, 0.1) is 19.8 Å². The summed E-state index contributed by atoms with van der Waals surface area (Å²) in [6.07, 6.45) is 1.52. The molecule has 27 heavy (non-hydrogen) atoms. The predicted octanol–water partition coefficient (Wildman–Crippen LogP) is 3.32. The smallest absolute Gasteiger partial charge is 0.255 e. The first kappa shape index (κ1) is 19.2. The second-order valence-electron chi connectivity index (χ2n) is 6.65. The number of halogens is 1. The molecule has 0 bridgehead atoms. The van der Waals surface area contributed by atoms with E-state index < -0.39 is 0 Å². The fourth-order valence-corrected chi connectivity index (χ4v) is 3.47. The zero-order valence-electron chi connectivity index (χ0n) is 15.6. The van der Waals surface area contributed by atoms with Crippen LogP contribution in [0.25, 0.3) is 0 Å². The van der Waals surface area contributed by atoms with Crippen LogP contribution < -0.4 is 14.8 Å². The van der Waals surface area contributed by atoms with Crippen molar-refractivity contribution in [3.63, 3.8) is 0 Å². The molecule has 144 valence electrons. The Balaban J connectivity index is 1.81. The summed E-state index contributed by atoms with van der Waals surface area (Å²) in [5.41, 5.74) is 1.14. The van der Waals surface area contributed by atoms with Crippen molar-refractivity contribution in [3.8, 4) is 11.5 Å². The Morgan fingerprint density at radius 1 is 1.11 bits per heavy atom. The van der Waals surface area contributed by atoms with Crippen LogP contribution in [0.5, 0.6) is 11.5 Å². The topological polar surface area (TPSA) is 56.8 Å². The van der Waals surface area contributed by atoms with Crippen LogP contribution in [0.4, 0.5) is 4.39 Å². The number of hydrogen-bond donors (Lipinski definition) is 1. The van der Waals surface area contributed by atoms with Gasteiger partial charge in [-0.2, -0.15) is 0 Å². The lowest BCUT2D eigenvalue weighted by Gasteiger charge is -2.38. The monoisotopic (exact) mass is 373 g/mol. The SMILES string of the molecule is COc1ccc(OC)c(C(=O)NCC2(c3ccc(F)cc3)CCOCC2)c1. The number of benzene rings is 2. The number of methoxy groups -OCH3 is 2. The highest BCUT2D eigenvalue weighted by atomic mass is 19.1. The van der Waals surface area contributed by atoms with E-state index in [1.807, 2.05) is 0 Å². The van der Waals surface area contributed by atoms with E-state index in [4.69, 9.17) is 14.2 Å². The Kier molecular flexibility index (Phi) is 5.96. The molecule has 2 aromatic rings. The number of hydrogen-bond acceptors (Lipinski definition) is 4. The molecule has 0 radical (unpaired) electrons. The zero-order chi connectivity index (χ0) is 19.3. The van der Waals surface area contributed by atoms with Gasteiger partial charge in [0.15, 0.2) is 0 Å². The molecule has 0 unspecified atom stereocenters. The van der Waals surface area contributed by atoms with Crippen molar-refractivity contribution in [1.29, 1.82) is 0 Å². The van der Waals surface area contributed by atoms with E-state index in [0.29, 0.717) is 36.8 Å². The molecule has 1 saturated heterocycles. The molecule has 0 atom stereocenters. The number of rotatable bonds is 6. The lowest BCUT2D eigenvalue weighted by Crippen LogP contribution is -2.44. The predicted molar refractivity (Wildman–Crippen MR) is 100 cm³/mol. The van der Waals surface area contributed by atoms with Gasteiger partial charge in [-0.1, -0.05) is 12.1 Å². The molecule has 1 N–H and O–H groups in total. The molecule has 1 amide bonds.